The number of ether oxygens (including phenoxy) is 3. The van der Waals surface area contributed by atoms with Crippen molar-refractivity contribution >= 4 is 11.7 Å². The molecule has 1 atom stereocenters. The molecule has 6 heteroatoms. The van der Waals surface area contributed by atoms with E-state index in [0.29, 0.717) is 19.6 Å². The minimum Gasteiger partial charge on any atom is -0.492 e. The third kappa shape index (κ3) is 5.39. The number of carbonyl (C=O) groups is 1. The van der Waals surface area contributed by atoms with Gasteiger partial charge in [-0.2, -0.15) is 0 Å². The van der Waals surface area contributed by atoms with Crippen LogP contribution in [0.4, 0.5) is 5.69 Å². The van der Waals surface area contributed by atoms with E-state index in [0.717, 1.165) is 35.8 Å². The van der Waals surface area contributed by atoms with Gasteiger partial charge < -0.3 is 24.2 Å². The van der Waals surface area contributed by atoms with Gasteiger partial charge in [-0.15, -0.1) is 0 Å². The van der Waals surface area contributed by atoms with Crippen molar-refractivity contribution < 1.29 is 24.1 Å². The van der Waals surface area contributed by atoms with Crippen molar-refractivity contribution in [2.24, 2.45) is 0 Å². The van der Waals surface area contributed by atoms with E-state index in [1.807, 2.05) is 56.3 Å². The Morgan fingerprint density at radius 1 is 1.18 bits per heavy atom. The van der Waals surface area contributed by atoms with Gasteiger partial charge >= 0.3 is 5.97 Å². The summed E-state index contributed by atoms with van der Waals surface area (Å²) in [5, 5.41) is 9.28. The third-order valence-corrected chi connectivity index (χ3v) is 4.51. The second kappa shape index (κ2) is 9.46. The Kier molecular flexibility index (Phi) is 6.76. The van der Waals surface area contributed by atoms with Crippen molar-refractivity contribution in [1.29, 1.82) is 0 Å². The average molecular weight is 385 g/mol. The van der Waals surface area contributed by atoms with Crippen molar-refractivity contribution in [1.82, 2.24) is 0 Å². The molecule has 0 bridgehead atoms. The van der Waals surface area contributed by atoms with Gasteiger partial charge in [0.25, 0.3) is 0 Å². The van der Waals surface area contributed by atoms with Crippen molar-refractivity contribution in [3.63, 3.8) is 0 Å². The molecule has 2 aromatic carbocycles. The molecule has 0 aliphatic carbocycles. The van der Waals surface area contributed by atoms with Gasteiger partial charge in [0, 0.05) is 6.42 Å². The number of rotatable bonds is 9. The van der Waals surface area contributed by atoms with E-state index in [9.17, 15) is 9.90 Å². The number of para-hydroxylation sites is 2. The summed E-state index contributed by atoms with van der Waals surface area (Å²) in [5.74, 6) is 0.733. The van der Waals surface area contributed by atoms with E-state index in [1.165, 1.54) is 0 Å². The van der Waals surface area contributed by atoms with Crippen LogP contribution in [0.5, 0.6) is 11.5 Å². The van der Waals surface area contributed by atoms with Crippen LogP contribution in [0.2, 0.25) is 0 Å². The molecular formula is C22H27NO5. The largest absolute Gasteiger partial charge is 0.492 e. The molecule has 0 saturated carbocycles. The van der Waals surface area contributed by atoms with Gasteiger partial charge in [-0.1, -0.05) is 24.3 Å². The molecule has 0 amide bonds. The monoisotopic (exact) mass is 385 g/mol. The highest BCUT2D eigenvalue weighted by Crippen LogP contribution is 2.30. The van der Waals surface area contributed by atoms with E-state index in [1.54, 1.807) is 0 Å². The molecule has 1 aliphatic rings. The number of benzene rings is 2. The first-order valence-corrected chi connectivity index (χ1v) is 9.59. The summed E-state index contributed by atoms with van der Waals surface area (Å²) in [6.45, 7) is 6.51. The lowest BCUT2D eigenvalue weighted by Crippen LogP contribution is -2.35. The van der Waals surface area contributed by atoms with E-state index in [4.69, 9.17) is 14.2 Å². The number of hydrogen-bond donors (Lipinski definition) is 1. The van der Waals surface area contributed by atoms with Crippen LogP contribution in [0.25, 0.3) is 0 Å². The third-order valence-electron chi connectivity index (χ3n) is 4.51. The van der Waals surface area contributed by atoms with Crippen LogP contribution in [-0.4, -0.2) is 49.6 Å². The minimum absolute atomic E-state index is 0.131. The number of fused-ring (bicyclic) bond motifs is 1. The van der Waals surface area contributed by atoms with Gasteiger partial charge in [-0.3, -0.25) is 0 Å². The molecule has 0 aromatic heterocycles. The smallest absolute Gasteiger partial charge is 0.333 e. The van der Waals surface area contributed by atoms with Crippen LogP contribution in [-0.2, 0) is 16.0 Å². The maximum atomic E-state index is 11.3. The molecule has 150 valence electrons. The maximum absolute atomic E-state index is 11.3. The zero-order chi connectivity index (χ0) is 19.9. The molecule has 2 aromatic rings. The van der Waals surface area contributed by atoms with E-state index < -0.39 is 12.1 Å². The second-order valence-corrected chi connectivity index (χ2v) is 7.01. The lowest BCUT2D eigenvalue weighted by Gasteiger charge is -2.31. The van der Waals surface area contributed by atoms with E-state index in [2.05, 4.69) is 11.0 Å². The van der Waals surface area contributed by atoms with E-state index in [-0.39, 0.29) is 6.10 Å². The Morgan fingerprint density at radius 3 is 2.64 bits per heavy atom. The molecule has 6 nitrogen and oxygen atoms in total. The normalized spacial score (nSPS) is 14.3. The van der Waals surface area contributed by atoms with Gasteiger partial charge in [0.1, 0.15) is 24.7 Å². The first-order chi connectivity index (χ1) is 13.5. The molecule has 1 N–H and O–H groups in total. The van der Waals surface area contributed by atoms with Crippen LogP contribution in [0.3, 0.4) is 0 Å². The van der Waals surface area contributed by atoms with Crippen LogP contribution < -0.4 is 14.4 Å². The number of nitrogens with zero attached hydrogens (tertiary/aromatic N) is 1. The molecule has 0 unspecified atom stereocenters. The van der Waals surface area contributed by atoms with Crippen molar-refractivity contribution in [3.05, 3.63) is 54.1 Å². The SMILES string of the molecule is CC(C)O[C@@H](Cc1ccc(OCCN2CCOc3ccccc32)cc1)C(=O)O. The van der Waals surface area contributed by atoms with Crippen LogP contribution >= 0.6 is 0 Å². The Labute approximate surface area is 165 Å². The Bertz CT molecular complexity index is 775. The number of hydrogen-bond acceptors (Lipinski definition) is 5. The summed E-state index contributed by atoms with van der Waals surface area (Å²) < 4.78 is 17.0. The highest BCUT2D eigenvalue weighted by atomic mass is 16.5. The Hall–Kier alpha value is -2.73. The molecule has 0 spiro atoms. The summed E-state index contributed by atoms with van der Waals surface area (Å²) >= 11 is 0. The van der Waals surface area contributed by atoms with Gasteiger partial charge in [0.05, 0.1) is 24.9 Å². The molecule has 0 saturated heterocycles. The maximum Gasteiger partial charge on any atom is 0.333 e. The first kappa shape index (κ1) is 20.0. The van der Waals surface area contributed by atoms with Gasteiger partial charge in [0.2, 0.25) is 0 Å². The molecule has 0 fully saturated rings. The second-order valence-electron chi connectivity index (χ2n) is 7.01. The van der Waals surface area contributed by atoms with Crippen LogP contribution in [0.1, 0.15) is 19.4 Å². The fraction of sp³-hybridized carbons (Fsp3) is 0.409. The van der Waals surface area contributed by atoms with Crippen molar-refractivity contribution in [2.75, 3.05) is 31.2 Å². The quantitative estimate of drug-likeness (QED) is 0.714. The summed E-state index contributed by atoms with van der Waals surface area (Å²) in [5.41, 5.74) is 2.00. The molecule has 28 heavy (non-hydrogen) atoms. The number of carboxylic acids is 1. The predicted molar refractivity (Wildman–Crippen MR) is 107 cm³/mol. The highest BCUT2D eigenvalue weighted by Gasteiger charge is 2.20. The standard InChI is InChI=1S/C22H27NO5/c1-16(2)28-21(22(24)25)15-17-7-9-18(10-8-17)26-13-11-23-12-14-27-20-6-4-3-5-19(20)23/h3-10,16,21H,11-15H2,1-2H3,(H,24,25)/t21-/m0/s1. The lowest BCUT2D eigenvalue weighted by molar-refractivity contribution is -0.153. The fourth-order valence-electron chi connectivity index (χ4n) is 3.19. The van der Waals surface area contributed by atoms with Gasteiger partial charge in [0.15, 0.2) is 6.10 Å². The molecule has 1 heterocycles. The molecule has 3 rings (SSSR count). The predicted octanol–water partition coefficient (Wildman–Crippen LogP) is 3.39. The van der Waals surface area contributed by atoms with Gasteiger partial charge in [-0.25, -0.2) is 4.79 Å². The molecule has 1 aliphatic heterocycles. The Balaban J connectivity index is 1.50. The Morgan fingerprint density at radius 2 is 1.93 bits per heavy atom. The molecular weight excluding hydrogens is 358 g/mol. The zero-order valence-electron chi connectivity index (χ0n) is 16.3. The fourth-order valence-corrected chi connectivity index (χ4v) is 3.19. The summed E-state index contributed by atoms with van der Waals surface area (Å²) in [6.07, 6.45) is -0.639. The van der Waals surface area contributed by atoms with Crippen LogP contribution in [0, 0.1) is 0 Å². The number of aliphatic carboxylic acids is 1. The molecule has 0 radical (unpaired) electrons. The topological polar surface area (TPSA) is 68.2 Å². The zero-order valence-corrected chi connectivity index (χ0v) is 16.3. The highest BCUT2D eigenvalue weighted by molar-refractivity contribution is 5.72. The van der Waals surface area contributed by atoms with Crippen molar-refractivity contribution in [2.45, 2.75) is 32.5 Å². The van der Waals surface area contributed by atoms with Crippen molar-refractivity contribution in [3.8, 4) is 11.5 Å². The number of carboxylic acid groups (broad SMARTS) is 1. The van der Waals surface area contributed by atoms with Gasteiger partial charge in [-0.05, 0) is 43.7 Å². The average Bonchev–Trinajstić information content (AvgIpc) is 2.68. The van der Waals surface area contributed by atoms with Crippen LogP contribution in [0.15, 0.2) is 48.5 Å². The number of anilines is 1. The summed E-state index contributed by atoms with van der Waals surface area (Å²) in [4.78, 5) is 13.6. The minimum atomic E-state index is -0.945. The summed E-state index contributed by atoms with van der Waals surface area (Å²) in [6, 6.07) is 15.5. The van der Waals surface area contributed by atoms with E-state index >= 15 is 0 Å². The lowest BCUT2D eigenvalue weighted by atomic mass is 10.1. The summed E-state index contributed by atoms with van der Waals surface area (Å²) in [7, 11) is 0. The first-order valence-electron chi connectivity index (χ1n) is 9.59.